The van der Waals surface area contributed by atoms with Crippen LogP contribution >= 0.6 is 23.2 Å². The average Bonchev–Trinajstić information content (AvgIpc) is 2.92. The second kappa shape index (κ2) is 5.90. The number of hydrogen-bond donors (Lipinski definition) is 1. The molecule has 3 nitrogen and oxygen atoms in total. The fourth-order valence-corrected chi connectivity index (χ4v) is 2.61. The Hall–Kier alpha value is -1.81. The molecule has 5 heteroatoms. The molecule has 0 unspecified atom stereocenters. The fraction of sp³-hybridized carbons (Fsp3) is 0.0625. The molecule has 21 heavy (non-hydrogen) atoms. The second-order valence-electron chi connectivity index (χ2n) is 4.60. The minimum atomic E-state index is 0.366. The Balaban J connectivity index is 2.21. The molecule has 106 valence electrons. The summed E-state index contributed by atoms with van der Waals surface area (Å²) in [6.45, 7) is 0.366. The molecule has 0 aliphatic heterocycles. The van der Waals surface area contributed by atoms with Crippen LogP contribution in [0.4, 0.5) is 0 Å². The summed E-state index contributed by atoms with van der Waals surface area (Å²) in [5, 5.41) is 5.86. The lowest BCUT2D eigenvalue weighted by Gasteiger charge is -2.09. The van der Waals surface area contributed by atoms with E-state index in [-0.39, 0.29) is 0 Å². The van der Waals surface area contributed by atoms with Crippen molar-refractivity contribution in [3.63, 3.8) is 0 Å². The molecule has 0 amide bonds. The number of nitrogens with two attached hydrogens (primary N) is 1. The number of rotatable bonds is 3. The molecule has 1 heterocycles. The first-order chi connectivity index (χ1) is 10.2. The van der Waals surface area contributed by atoms with E-state index in [4.69, 9.17) is 28.9 Å². The van der Waals surface area contributed by atoms with Crippen LogP contribution in [0.5, 0.6) is 0 Å². The van der Waals surface area contributed by atoms with Gasteiger partial charge in [-0.1, -0.05) is 47.5 Å². The SMILES string of the molecule is NCc1cc(-c2ccccc2Cl)n(-c2cccc(Cl)c2)n1. The lowest BCUT2D eigenvalue weighted by atomic mass is 10.1. The molecule has 3 aromatic rings. The van der Waals surface area contributed by atoms with Gasteiger partial charge in [-0.3, -0.25) is 0 Å². The third-order valence-electron chi connectivity index (χ3n) is 3.17. The molecule has 2 aromatic carbocycles. The smallest absolute Gasteiger partial charge is 0.0771 e. The monoisotopic (exact) mass is 317 g/mol. The Kier molecular flexibility index (Phi) is 3.97. The molecule has 2 N–H and O–H groups in total. The first kappa shape index (κ1) is 14.1. The van der Waals surface area contributed by atoms with E-state index >= 15 is 0 Å². The summed E-state index contributed by atoms with van der Waals surface area (Å²) < 4.78 is 1.81. The van der Waals surface area contributed by atoms with Crippen molar-refractivity contribution < 1.29 is 0 Å². The molecule has 3 rings (SSSR count). The Morgan fingerprint density at radius 2 is 1.81 bits per heavy atom. The molecular weight excluding hydrogens is 305 g/mol. The van der Waals surface area contributed by atoms with Crippen molar-refractivity contribution in [3.05, 3.63) is 70.3 Å². The van der Waals surface area contributed by atoms with Crippen LogP contribution in [0, 0.1) is 0 Å². The first-order valence-electron chi connectivity index (χ1n) is 6.49. The molecule has 0 aliphatic rings. The van der Waals surface area contributed by atoms with Gasteiger partial charge in [0, 0.05) is 22.2 Å². The first-order valence-corrected chi connectivity index (χ1v) is 7.24. The Labute approximate surface area is 132 Å². The summed E-state index contributed by atoms with van der Waals surface area (Å²) >= 11 is 12.4. The lowest BCUT2D eigenvalue weighted by Crippen LogP contribution is -2.02. The van der Waals surface area contributed by atoms with Crippen LogP contribution in [-0.4, -0.2) is 9.78 Å². The van der Waals surface area contributed by atoms with E-state index in [2.05, 4.69) is 5.10 Å². The van der Waals surface area contributed by atoms with E-state index in [1.54, 1.807) is 0 Å². The second-order valence-corrected chi connectivity index (χ2v) is 5.44. The van der Waals surface area contributed by atoms with Crippen LogP contribution in [0.1, 0.15) is 5.69 Å². The highest BCUT2D eigenvalue weighted by Gasteiger charge is 2.13. The highest BCUT2D eigenvalue weighted by Crippen LogP contribution is 2.30. The van der Waals surface area contributed by atoms with Gasteiger partial charge in [0.15, 0.2) is 0 Å². The van der Waals surface area contributed by atoms with Crippen molar-refractivity contribution >= 4 is 23.2 Å². The number of aromatic nitrogens is 2. The highest BCUT2D eigenvalue weighted by atomic mass is 35.5. The van der Waals surface area contributed by atoms with Gasteiger partial charge in [-0.25, -0.2) is 4.68 Å². The maximum atomic E-state index is 6.30. The third-order valence-corrected chi connectivity index (χ3v) is 3.74. The molecule has 0 spiro atoms. The standard InChI is InChI=1S/C16H13Cl2N3/c17-11-4-3-5-13(8-11)21-16(9-12(10-19)20-21)14-6-1-2-7-15(14)18/h1-9H,10,19H2. The summed E-state index contributed by atoms with van der Waals surface area (Å²) in [6, 6.07) is 17.1. The minimum absolute atomic E-state index is 0.366. The van der Waals surface area contributed by atoms with Crippen molar-refractivity contribution in [1.29, 1.82) is 0 Å². The predicted molar refractivity (Wildman–Crippen MR) is 86.9 cm³/mol. The van der Waals surface area contributed by atoms with E-state index in [0.717, 1.165) is 22.6 Å². The van der Waals surface area contributed by atoms with E-state index < -0.39 is 0 Å². The topological polar surface area (TPSA) is 43.8 Å². The molecule has 0 atom stereocenters. The number of benzene rings is 2. The van der Waals surface area contributed by atoms with E-state index in [1.807, 2.05) is 59.3 Å². The summed E-state index contributed by atoms with van der Waals surface area (Å²) in [5.41, 5.74) is 9.19. The van der Waals surface area contributed by atoms with Gasteiger partial charge in [0.05, 0.1) is 17.1 Å². The normalized spacial score (nSPS) is 10.8. The van der Waals surface area contributed by atoms with Gasteiger partial charge < -0.3 is 5.73 Å². The van der Waals surface area contributed by atoms with Crippen molar-refractivity contribution in [1.82, 2.24) is 9.78 Å². The average molecular weight is 318 g/mol. The molecule has 1 aromatic heterocycles. The molecule has 0 aliphatic carbocycles. The van der Waals surface area contributed by atoms with Crippen molar-refractivity contribution in [2.24, 2.45) is 5.73 Å². The summed E-state index contributed by atoms with van der Waals surface area (Å²) in [4.78, 5) is 0. The van der Waals surface area contributed by atoms with Crippen LogP contribution in [0.3, 0.4) is 0 Å². The largest absolute Gasteiger partial charge is 0.325 e. The Bertz CT molecular complexity index is 781. The highest BCUT2D eigenvalue weighted by molar-refractivity contribution is 6.33. The van der Waals surface area contributed by atoms with Gasteiger partial charge in [-0.2, -0.15) is 5.10 Å². The maximum Gasteiger partial charge on any atom is 0.0771 e. The summed E-state index contributed by atoms with van der Waals surface area (Å²) in [7, 11) is 0. The van der Waals surface area contributed by atoms with E-state index in [9.17, 15) is 0 Å². The van der Waals surface area contributed by atoms with Crippen LogP contribution in [0.25, 0.3) is 16.9 Å². The van der Waals surface area contributed by atoms with Crippen molar-refractivity contribution in [3.8, 4) is 16.9 Å². The van der Waals surface area contributed by atoms with Crippen LogP contribution < -0.4 is 5.73 Å². The minimum Gasteiger partial charge on any atom is -0.325 e. The van der Waals surface area contributed by atoms with Gasteiger partial charge in [0.25, 0.3) is 0 Å². The molecule has 0 saturated heterocycles. The molecule has 0 fully saturated rings. The third kappa shape index (κ3) is 2.81. The van der Waals surface area contributed by atoms with Gasteiger partial charge in [-0.15, -0.1) is 0 Å². The Morgan fingerprint density at radius 1 is 1.00 bits per heavy atom. The van der Waals surface area contributed by atoms with E-state index in [0.29, 0.717) is 16.6 Å². The Morgan fingerprint density at radius 3 is 2.52 bits per heavy atom. The zero-order chi connectivity index (χ0) is 14.8. The maximum absolute atomic E-state index is 6.30. The van der Waals surface area contributed by atoms with Gasteiger partial charge in [0.1, 0.15) is 0 Å². The van der Waals surface area contributed by atoms with E-state index in [1.165, 1.54) is 0 Å². The van der Waals surface area contributed by atoms with Crippen molar-refractivity contribution in [2.75, 3.05) is 0 Å². The molecule has 0 saturated carbocycles. The van der Waals surface area contributed by atoms with Gasteiger partial charge in [-0.05, 0) is 30.3 Å². The van der Waals surface area contributed by atoms with Crippen LogP contribution in [0.2, 0.25) is 10.0 Å². The zero-order valence-electron chi connectivity index (χ0n) is 11.1. The van der Waals surface area contributed by atoms with Crippen molar-refractivity contribution in [2.45, 2.75) is 6.54 Å². The molecule has 0 bridgehead atoms. The quantitative estimate of drug-likeness (QED) is 0.782. The summed E-state index contributed by atoms with van der Waals surface area (Å²) in [6.07, 6.45) is 0. The number of halogens is 2. The number of nitrogens with zero attached hydrogens (tertiary/aromatic N) is 2. The predicted octanol–water partition coefficient (Wildman–Crippen LogP) is 4.30. The lowest BCUT2D eigenvalue weighted by molar-refractivity contribution is 0.838. The van der Waals surface area contributed by atoms with Gasteiger partial charge in [0.2, 0.25) is 0 Å². The zero-order valence-corrected chi connectivity index (χ0v) is 12.6. The molecule has 0 radical (unpaired) electrons. The van der Waals surface area contributed by atoms with Crippen LogP contribution in [0.15, 0.2) is 54.6 Å². The summed E-state index contributed by atoms with van der Waals surface area (Å²) in [5.74, 6) is 0. The molecular formula is C16H13Cl2N3. The number of hydrogen-bond acceptors (Lipinski definition) is 2. The van der Waals surface area contributed by atoms with Gasteiger partial charge >= 0.3 is 0 Å². The fourth-order valence-electron chi connectivity index (χ4n) is 2.20. The van der Waals surface area contributed by atoms with Crippen LogP contribution in [-0.2, 0) is 6.54 Å².